The molecule has 0 saturated carbocycles. The zero-order valence-corrected chi connectivity index (χ0v) is 9.07. The number of aliphatic imine (C=N–C) groups is 1. The number of nitrogens with one attached hydrogen (secondary N) is 2. The highest BCUT2D eigenvalue weighted by Crippen LogP contribution is 1.71. The van der Waals surface area contributed by atoms with Gasteiger partial charge in [-0.3, -0.25) is 4.99 Å². The van der Waals surface area contributed by atoms with Crippen LogP contribution in [0, 0.1) is 0 Å². The van der Waals surface area contributed by atoms with Gasteiger partial charge in [0.05, 0.1) is 0 Å². The molecule has 2 N–H and O–H groups in total. The van der Waals surface area contributed by atoms with Crippen molar-refractivity contribution in [1.29, 1.82) is 0 Å². The van der Waals surface area contributed by atoms with E-state index in [1.54, 1.807) is 7.05 Å². The second-order valence-electron chi connectivity index (χ2n) is 2.03. The first-order chi connectivity index (χ1) is 5.85. The summed E-state index contributed by atoms with van der Waals surface area (Å²) in [5.74, 6) is 0.893. The Labute approximate surface area is 76.7 Å². The molecule has 0 aliphatic carbocycles. The Balaban J connectivity index is 0. The van der Waals surface area contributed by atoms with Crippen molar-refractivity contribution < 1.29 is 0 Å². The van der Waals surface area contributed by atoms with E-state index < -0.39 is 0 Å². The molecule has 0 radical (unpaired) electrons. The van der Waals surface area contributed by atoms with E-state index in [4.69, 9.17) is 0 Å². The number of guanidine groups is 1. The number of nitrogens with zero attached hydrogens (tertiary/aromatic N) is 1. The molecular formula is C9H23N3. The van der Waals surface area contributed by atoms with Crippen molar-refractivity contribution in [3.8, 4) is 0 Å². The van der Waals surface area contributed by atoms with Crippen molar-refractivity contribution in [2.24, 2.45) is 4.99 Å². The van der Waals surface area contributed by atoms with Crippen molar-refractivity contribution in [2.45, 2.75) is 34.1 Å². The van der Waals surface area contributed by atoms with E-state index in [0.717, 1.165) is 25.5 Å². The molecule has 0 fully saturated rings. The highest BCUT2D eigenvalue weighted by molar-refractivity contribution is 5.79. The third-order valence-electron chi connectivity index (χ3n) is 1.11. The molecule has 0 rings (SSSR count). The molecule has 0 saturated heterocycles. The van der Waals surface area contributed by atoms with Gasteiger partial charge >= 0.3 is 0 Å². The molecule has 0 atom stereocenters. The Morgan fingerprint density at radius 3 is 2.08 bits per heavy atom. The molecule has 3 nitrogen and oxygen atoms in total. The summed E-state index contributed by atoms with van der Waals surface area (Å²) < 4.78 is 0. The lowest BCUT2D eigenvalue weighted by molar-refractivity contribution is 0.794. The predicted octanol–water partition coefficient (Wildman–Crippen LogP) is 1.61. The van der Waals surface area contributed by atoms with Gasteiger partial charge < -0.3 is 10.6 Å². The first-order valence-corrected chi connectivity index (χ1v) is 4.79. The largest absolute Gasteiger partial charge is 0.357 e. The number of hydrogen-bond donors (Lipinski definition) is 2. The minimum absolute atomic E-state index is 0.893. The van der Waals surface area contributed by atoms with Gasteiger partial charge in [0.15, 0.2) is 5.96 Å². The molecular weight excluding hydrogens is 150 g/mol. The van der Waals surface area contributed by atoms with E-state index in [9.17, 15) is 0 Å². The Kier molecular flexibility index (Phi) is 14.9. The van der Waals surface area contributed by atoms with Crippen LogP contribution < -0.4 is 10.6 Å². The average molecular weight is 173 g/mol. The summed E-state index contributed by atoms with van der Waals surface area (Å²) in [5, 5.41) is 6.26. The summed E-state index contributed by atoms with van der Waals surface area (Å²) in [4.78, 5) is 4.01. The molecule has 0 amide bonds. The summed E-state index contributed by atoms with van der Waals surface area (Å²) in [6, 6.07) is 0. The zero-order chi connectivity index (χ0) is 9.82. The Bertz CT molecular complexity index is 99.9. The highest BCUT2D eigenvalue weighted by Gasteiger charge is 1.89. The topological polar surface area (TPSA) is 36.4 Å². The zero-order valence-electron chi connectivity index (χ0n) is 9.07. The van der Waals surface area contributed by atoms with Crippen LogP contribution in [0.4, 0.5) is 0 Å². The van der Waals surface area contributed by atoms with Gasteiger partial charge in [0.25, 0.3) is 0 Å². The van der Waals surface area contributed by atoms with Crippen LogP contribution in [0.25, 0.3) is 0 Å². The van der Waals surface area contributed by atoms with Gasteiger partial charge in [-0.25, -0.2) is 0 Å². The molecule has 3 heteroatoms. The molecule has 12 heavy (non-hydrogen) atoms. The molecule has 0 aliphatic heterocycles. The first kappa shape index (κ1) is 13.8. The predicted molar refractivity (Wildman–Crippen MR) is 56.7 cm³/mol. The minimum Gasteiger partial charge on any atom is -0.357 e. The third-order valence-corrected chi connectivity index (χ3v) is 1.11. The van der Waals surface area contributed by atoms with Gasteiger partial charge in [0, 0.05) is 20.1 Å². The summed E-state index contributed by atoms with van der Waals surface area (Å²) >= 11 is 0. The van der Waals surface area contributed by atoms with E-state index in [0.29, 0.717) is 0 Å². The van der Waals surface area contributed by atoms with Crippen molar-refractivity contribution in [3.63, 3.8) is 0 Å². The summed E-state index contributed by atoms with van der Waals surface area (Å²) in [7, 11) is 1.78. The van der Waals surface area contributed by atoms with Gasteiger partial charge in [-0.05, 0) is 13.3 Å². The molecule has 0 aromatic carbocycles. The quantitative estimate of drug-likeness (QED) is 0.502. The molecule has 74 valence electrons. The van der Waals surface area contributed by atoms with Gasteiger partial charge in [-0.15, -0.1) is 0 Å². The van der Waals surface area contributed by atoms with Crippen LogP contribution in [-0.4, -0.2) is 26.1 Å². The van der Waals surface area contributed by atoms with E-state index in [2.05, 4.69) is 29.5 Å². The van der Waals surface area contributed by atoms with Crippen LogP contribution in [0.1, 0.15) is 34.1 Å². The Morgan fingerprint density at radius 2 is 1.75 bits per heavy atom. The fourth-order valence-electron chi connectivity index (χ4n) is 0.631. The van der Waals surface area contributed by atoms with Gasteiger partial charge in [-0.1, -0.05) is 20.8 Å². The maximum absolute atomic E-state index is 4.01. The van der Waals surface area contributed by atoms with Gasteiger partial charge in [-0.2, -0.15) is 0 Å². The molecule has 0 unspecified atom stereocenters. The molecule has 0 bridgehead atoms. The van der Waals surface area contributed by atoms with Crippen molar-refractivity contribution in [2.75, 3.05) is 20.1 Å². The monoisotopic (exact) mass is 173 g/mol. The second-order valence-corrected chi connectivity index (χ2v) is 2.03. The van der Waals surface area contributed by atoms with Crippen molar-refractivity contribution in [1.82, 2.24) is 10.6 Å². The number of hydrogen-bond acceptors (Lipinski definition) is 1. The van der Waals surface area contributed by atoms with Crippen LogP contribution in [0.5, 0.6) is 0 Å². The minimum atomic E-state index is 0.893. The highest BCUT2D eigenvalue weighted by atomic mass is 15.2. The third kappa shape index (κ3) is 9.27. The van der Waals surface area contributed by atoms with Crippen LogP contribution in [0.2, 0.25) is 0 Å². The lowest BCUT2D eigenvalue weighted by Crippen LogP contribution is -2.37. The van der Waals surface area contributed by atoms with E-state index in [1.165, 1.54) is 0 Å². The van der Waals surface area contributed by atoms with Crippen molar-refractivity contribution >= 4 is 5.96 Å². The summed E-state index contributed by atoms with van der Waals surface area (Å²) in [6.07, 6.45) is 1.13. The van der Waals surface area contributed by atoms with E-state index >= 15 is 0 Å². The van der Waals surface area contributed by atoms with E-state index in [-0.39, 0.29) is 0 Å². The molecule has 0 heterocycles. The second kappa shape index (κ2) is 12.9. The summed E-state index contributed by atoms with van der Waals surface area (Å²) in [6.45, 7) is 10.1. The lowest BCUT2D eigenvalue weighted by Gasteiger charge is -2.07. The van der Waals surface area contributed by atoms with Crippen LogP contribution in [-0.2, 0) is 0 Å². The fraction of sp³-hybridized carbons (Fsp3) is 0.889. The normalized spacial score (nSPS) is 9.92. The standard InChI is InChI=1S/C7H17N3.C2H6/c1-4-6-10-7(8-3)9-5-2;1-2/h4-6H2,1-3H3,(H2,8,9,10);1-2H3. The molecule has 0 aromatic rings. The lowest BCUT2D eigenvalue weighted by atomic mass is 10.5. The number of rotatable bonds is 3. The molecule has 0 spiro atoms. The smallest absolute Gasteiger partial charge is 0.190 e. The average Bonchev–Trinajstić information content (AvgIpc) is 2.15. The first-order valence-electron chi connectivity index (χ1n) is 4.79. The molecule has 0 aliphatic rings. The van der Waals surface area contributed by atoms with Crippen LogP contribution in [0.15, 0.2) is 4.99 Å². The molecule has 0 aromatic heterocycles. The van der Waals surface area contributed by atoms with E-state index in [1.807, 2.05) is 13.8 Å². The van der Waals surface area contributed by atoms with Crippen molar-refractivity contribution in [3.05, 3.63) is 0 Å². The maximum atomic E-state index is 4.01. The Morgan fingerprint density at radius 1 is 1.17 bits per heavy atom. The summed E-state index contributed by atoms with van der Waals surface area (Å²) in [5.41, 5.74) is 0. The van der Waals surface area contributed by atoms with Crippen LogP contribution >= 0.6 is 0 Å². The SMILES string of the molecule is CC.CCCNC(=NC)NCC. The van der Waals surface area contributed by atoms with Gasteiger partial charge in [0.1, 0.15) is 0 Å². The fourth-order valence-corrected chi connectivity index (χ4v) is 0.631. The van der Waals surface area contributed by atoms with Gasteiger partial charge in [0.2, 0.25) is 0 Å². The van der Waals surface area contributed by atoms with Crippen LogP contribution in [0.3, 0.4) is 0 Å². The maximum Gasteiger partial charge on any atom is 0.190 e. The Hall–Kier alpha value is -0.730.